The van der Waals surface area contributed by atoms with E-state index < -0.39 is 12.7 Å². The normalized spacial score (nSPS) is 12.2. The van der Waals surface area contributed by atoms with Crippen molar-refractivity contribution in [2.24, 2.45) is 0 Å². The van der Waals surface area contributed by atoms with E-state index in [0.29, 0.717) is 18.4 Å². The van der Waals surface area contributed by atoms with E-state index in [1.54, 1.807) is 12.1 Å². The van der Waals surface area contributed by atoms with Crippen LogP contribution in [0.15, 0.2) is 24.3 Å². The molecule has 0 radical (unpaired) electrons. The number of terminal acetylenes is 1. The van der Waals surface area contributed by atoms with Gasteiger partial charge in [0, 0.05) is 6.42 Å². The highest BCUT2D eigenvalue weighted by Crippen LogP contribution is 2.22. The number of rotatable bonds is 6. The molecule has 1 unspecified atom stereocenters. The Bertz CT molecular complexity index is 368. The summed E-state index contributed by atoms with van der Waals surface area (Å²) in [4.78, 5) is 0. The van der Waals surface area contributed by atoms with Gasteiger partial charge in [0.25, 0.3) is 0 Å². The number of hydrogen-bond acceptors (Lipinski definition) is 2. The van der Waals surface area contributed by atoms with Gasteiger partial charge in [0.1, 0.15) is 5.75 Å². The van der Waals surface area contributed by atoms with Crippen molar-refractivity contribution >= 4 is 0 Å². The van der Waals surface area contributed by atoms with Crippen molar-refractivity contribution in [1.82, 2.24) is 0 Å². The Morgan fingerprint density at radius 3 is 2.47 bits per heavy atom. The molecule has 0 heterocycles. The topological polar surface area (TPSA) is 29.5 Å². The Morgan fingerprint density at radius 1 is 1.29 bits per heavy atom. The SMILES string of the molecule is C#CCCCC(O)c1ccc(OC(F)F)cc1. The van der Waals surface area contributed by atoms with E-state index >= 15 is 0 Å². The van der Waals surface area contributed by atoms with Gasteiger partial charge in [0.15, 0.2) is 0 Å². The molecule has 0 aliphatic rings. The maximum absolute atomic E-state index is 11.9. The molecule has 1 aromatic carbocycles. The van der Waals surface area contributed by atoms with E-state index in [2.05, 4.69) is 10.7 Å². The van der Waals surface area contributed by atoms with Gasteiger partial charge in [-0.15, -0.1) is 12.3 Å². The van der Waals surface area contributed by atoms with Crippen LogP contribution in [-0.2, 0) is 0 Å². The first kappa shape index (κ1) is 13.5. The predicted octanol–water partition coefficient (Wildman–Crippen LogP) is 3.12. The summed E-state index contributed by atoms with van der Waals surface area (Å²) in [5.74, 6) is 2.57. The second-order valence-electron chi connectivity index (χ2n) is 3.56. The van der Waals surface area contributed by atoms with Gasteiger partial charge in [-0.2, -0.15) is 8.78 Å². The number of ether oxygens (including phenoxy) is 1. The largest absolute Gasteiger partial charge is 0.435 e. The highest BCUT2D eigenvalue weighted by Gasteiger charge is 2.08. The summed E-state index contributed by atoms with van der Waals surface area (Å²) in [6.07, 6.45) is 6.38. The Kier molecular flexibility index (Phi) is 5.44. The van der Waals surface area contributed by atoms with Gasteiger partial charge < -0.3 is 9.84 Å². The number of alkyl halides is 2. The Hall–Kier alpha value is -1.60. The van der Waals surface area contributed by atoms with Crippen LogP contribution in [0.25, 0.3) is 0 Å². The molecule has 0 aliphatic heterocycles. The highest BCUT2D eigenvalue weighted by molar-refractivity contribution is 5.28. The molecule has 0 aromatic heterocycles. The lowest BCUT2D eigenvalue weighted by atomic mass is 10.0. The second-order valence-corrected chi connectivity index (χ2v) is 3.56. The zero-order valence-electron chi connectivity index (χ0n) is 9.27. The molecule has 4 heteroatoms. The maximum atomic E-state index is 11.9. The van der Waals surface area contributed by atoms with Gasteiger partial charge in [-0.3, -0.25) is 0 Å². The first-order valence-corrected chi connectivity index (χ1v) is 5.29. The molecule has 0 bridgehead atoms. The lowest BCUT2D eigenvalue weighted by molar-refractivity contribution is -0.0498. The van der Waals surface area contributed by atoms with E-state index in [0.717, 1.165) is 6.42 Å². The number of halogens is 2. The second kappa shape index (κ2) is 6.87. The molecule has 17 heavy (non-hydrogen) atoms. The average Bonchev–Trinajstić information content (AvgIpc) is 2.29. The summed E-state index contributed by atoms with van der Waals surface area (Å²) in [6.45, 7) is -2.83. The summed E-state index contributed by atoms with van der Waals surface area (Å²) in [6, 6.07) is 5.95. The summed E-state index contributed by atoms with van der Waals surface area (Å²) >= 11 is 0. The van der Waals surface area contributed by atoms with E-state index in [1.807, 2.05) is 0 Å². The molecule has 0 saturated carbocycles. The lowest BCUT2D eigenvalue weighted by Gasteiger charge is -2.11. The molecule has 1 N–H and O–H groups in total. The summed E-state index contributed by atoms with van der Waals surface area (Å²) in [7, 11) is 0. The molecule has 1 atom stereocenters. The highest BCUT2D eigenvalue weighted by atomic mass is 19.3. The molecule has 92 valence electrons. The van der Waals surface area contributed by atoms with Crippen LogP contribution in [0.4, 0.5) is 8.78 Å². The van der Waals surface area contributed by atoms with Crippen LogP contribution in [0.5, 0.6) is 5.75 Å². The van der Waals surface area contributed by atoms with Crippen LogP contribution < -0.4 is 4.74 Å². The van der Waals surface area contributed by atoms with Crippen molar-refractivity contribution in [1.29, 1.82) is 0 Å². The molecule has 0 spiro atoms. The van der Waals surface area contributed by atoms with Crippen molar-refractivity contribution in [3.63, 3.8) is 0 Å². The monoisotopic (exact) mass is 240 g/mol. The third kappa shape index (κ3) is 4.83. The average molecular weight is 240 g/mol. The van der Waals surface area contributed by atoms with Crippen molar-refractivity contribution in [2.45, 2.75) is 32.0 Å². The van der Waals surface area contributed by atoms with Crippen molar-refractivity contribution in [2.75, 3.05) is 0 Å². The third-order valence-electron chi connectivity index (χ3n) is 2.29. The van der Waals surface area contributed by atoms with E-state index in [4.69, 9.17) is 6.42 Å². The van der Waals surface area contributed by atoms with E-state index in [9.17, 15) is 13.9 Å². The van der Waals surface area contributed by atoms with Gasteiger partial charge in [-0.25, -0.2) is 0 Å². The smallest absolute Gasteiger partial charge is 0.387 e. The fraction of sp³-hybridized carbons (Fsp3) is 0.385. The van der Waals surface area contributed by atoms with Crippen LogP contribution in [0.2, 0.25) is 0 Å². The molecule has 0 amide bonds. The number of aliphatic hydroxyl groups is 1. The van der Waals surface area contributed by atoms with Crippen molar-refractivity contribution in [3.8, 4) is 18.1 Å². The summed E-state index contributed by atoms with van der Waals surface area (Å²) in [5, 5.41) is 9.76. The van der Waals surface area contributed by atoms with Gasteiger partial charge in [-0.05, 0) is 30.5 Å². The minimum Gasteiger partial charge on any atom is -0.435 e. The fourth-order valence-electron chi connectivity index (χ4n) is 1.44. The van der Waals surface area contributed by atoms with Gasteiger partial charge in [0.05, 0.1) is 6.10 Å². The summed E-state index contributed by atoms with van der Waals surface area (Å²) in [5.41, 5.74) is 0.670. The number of benzene rings is 1. The van der Waals surface area contributed by atoms with Crippen LogP contribution in [0.1, 0.15) is 30.9 Å². The Morgan fingerprint density at radius 2 is 1.94 bits per heavy atom. The van der Waals surface area contributed by atoms with Gasteiger partial charge >= 0.3 is 6.61 Å². The van der Waals surface area contributed by atoms with Crippen LogP contribution in [0.3, 0.4) is 0 Å². The first-order valence-electron chi connectivity index (χ1n) is 5.29. The minimum absolute atomic E-state index is 0.0829. The van der Waals surface area contributed by atoms with Gasteiger partial charge in [-0.1, -0.05) is 12.1 Å². The molecule has 0 aliphatic carbocycles. The Labute approximate surface area is 99.2 Å². The van der Waals surface area contributed by atoms with Gasteiger partial charge in [0.2, 0.25) is 0 Å². The molecular formula is C13H14F2O2. The Balaban J connectivity index is 2.52. The van der Waals surface area contributed by atoms with E-state index in [1.165, 1.54) is 12.1 Å². The maximum Gasteiger partial charge on any atom is 0.387 e. The predicted molar refractivity (Wildman–Crippen MR) is 60.7 cm³/mol. The number of hydrogen-bond donors (Lipinski definition) is 1. The molecular weight excluding hydrogens is 226 g/mol. The lowest BCUT2D eigenvalue weighted by Crippen LogP contribution is -2.02. The van der Waals surface area contributed by atoms with Crippen LogP contribution >= 0.6 is 0 Å². The number of aliphatic hydroxyl groups excluding tert-OH is 1. The van der Waals surface area contributed by atoms with Crippen LogP contribution in [0, 0.1) is 12.3 Å². The molecule has 1 aromatic rings. The quantitative estimate of drug-likeness (QED) is 0.611. The fourth-order valence-corrected chi connectivity index (χ4v) is 1.44. The van der Waals surface area contributed by atoms with Crippen LogP contribution in [-0.4, -0.2) is 11.7 Å². The standard InChI is InChI=1S/C13H14F2O2/c1-2-3-4-5-12(16)10-6-8-11(9-7-10)17-13(14)15/h1,6-9,12-13,16H,3-5H2. The molecule has 2 nitrogen and oxygen atoms in total. The van der Waals surface area contributed by atoms with Crippen molar-refractivity contribution in [3.05, 3.63) is 29.8 Å². The first-order chi connectivity index (χ1) is 8.13. The zero-order valence-corrected chi connectivity index (χ0v) is 9.27. The van der Waals surface area contributed by atoms with Crippen molar-refractivity contribution < 1.29 is 18.6 Å². The summed E-state index contributed by atoms with van der Waals surface area (Å²) < 4.78 is 28.0. The molecule has 0 fully saturated rings. The molecule has 0 saturated heterocycles. The third-order valence-corrected chi connectivity index (χ3v) is 2.29. The minimum atomic E-state index is -2.83. The zero-order chi connectivity index (χ0) is 12.7. The number of unbranched alkanes of at least 4 members (excludes halogenated alkanes) is 1. The molecule has 1 rings (SSSR count). The van der Waals surface area contributed by atoms with E-state index in [-0.39, 0.29) is 5.75 Å².